The van der Waals surface area contributed by atoms with Crippen LogP contribution in [0.3, 0.4) is 0 Å². The number of piperazine rings is 1. The Morgan fingerprint density at radius 3 is 2.46 bits per heavy atom. The van der Waals surface area contributed by atoms with Crippen LogP contribution < -0.4 is 19.7 Å². The zero-order valence-electron chi connectivity index (χ0n) is 22.6. The molecule has 208 valence electrons. The lowest BCUT2D eigenvalue weighted by Gasteiger charge is -2.35. The molecule has 39 heavy (non-hydrogen) atoms. The molecule has 1 aromatic carbocycles. The molecular formula is C28H35N5O5S. The number of hydrogen-bond acceptors (Lipinski definition) is 7. The number of ether oxygens (including phenoxy) is 2. The Balaban J connectivity index is 1.32. The van der Waals surface area contributed by atoms with E-state index < -0.39 is 10.0 Å². The first kappa shape index (κ1) is 25.9. The number of carbonyl (C=O) groups excluding carboxylic acids is 1. The summed E-state index contributed by atoms with van der Waals surface area (Å²) in [6.07, 6.45) is 7.90. The Bertz CT molecular complexity index is 1510. The molecule has 4 heterocycles. The molecule has 2 aliphatic heterocycles. The van der Waals surface area contributed by atoms with Gasteiger partial charge in [0, 0.05) is 62.4 Å². The number of aromatic nitrogens is 2. The predicted molar refractivity (Wildman–Crippen MR) is 149 cm³/mol. The van der Waals surface area contributed by atoms with Crippen molar-refractivity contribution in [2.45, 2.75) is 38.2 Å². The fourth-order valence-electron chi connectivity index (χ4n) is 5.68. The van der Waals surface area contributed by atoms with Crippen LogP contribution >= 0.6 is 0 Å². The molecule has 3 aliphatic rings. The first-order valence-corrected chi connectivity index (χ1v) is 15.4. The lowest BCUT2D eigenvalue weighted by atomic mass is 10.0. The molecular weight excluding hydrogens is 518 g/mol. The van der Waals surface area contributed by atoms with Gasteiger partial charge in [-0.05, 0) is 49.4 Å². The van der Waals surface area contributed by atoms with Crippen LogP contribution in [0.15, 0.2) is 36.7 Å². The Hall–Kier alpha value is -3.31. The van der Waals surface area contributed by atoms with Crippen molar-refractivity contribution in [3.63, 3.8) is 0 Å². The monoisotopic (exact) mass is 553 g/mol. The van der Waals surface area contributed by atoms with Gasteiger partial charge in [0.05, 0.1) is 25.2 Å². The fourth-order valence-corrected chi connectivity index (χ4v) is 6.51. The molecule has 1 saturated carbocycles. The molecule has 6 rings (SSSR count). The lowest BCUT2D eigenvalue weighted by molar-refractivity contribution is -0.119. The maximum Gasteiger partial charge on any atom is 0.220 e. The third kappa shape index (κ3) is 5.17. The number of hydrogen-bond donors (Lipinski definition) is 1. The molecule has 1 amide bonds. The highest BCUT2D eigenvalue weighted by Gasteiger charge is 2.32. The van der Waals surface area contributed by atoms with Crippen molar-refractivity contribution in [2.75, 3.05) is 51.0 Å². The second kappa shape index (κ2) is 10.0. The summed E-state index contributed by atoms with van der Waals surface area (Å²) >= 11 is 0. The number of benzene rings is 1. The van der Waals surface area contributed by atoms with Gasteiger partial charge in [0.1, 0.15) is 23.1 Å². The Labute approximate surface area is 228 Å². The number of methoxy groups -OCH3 is 1. The highest BCUT2D eigenvalue weighted by atomic mass is 32.2. The number of fused-ring (bicyclic) bond motifs is 1. The van der Waals surface area contributed by atoms with Crippen molar-refractivity contribution in [2.24, 2.45) is 5.92 Å². The van der Waals surface area contributed by atoms with Crippen LogP contribution in [0, 0.1) is 5.92 Å². The third-order valence-electron chi connectivity index (χ3n) is 8.17. The van der Waals surface area contributed by atoms with Gasteiger partial charge in [-0.2, -0.15) is 9.40 Å². The quantitative estimate of drug-likeness (QED) is 0.457. The van der Waals surface area contributed by atoms with Gasteiger partial charge in [-0.25, -0.2) is 12.9 Å². The zero-order valence-corrected chi connectivity index (χ0v) is 23.4. The maximum atomic E-state index is 11.9. The highest BCUT2D eigenvalue weighted by Crippen LogP contribution is 2.45. The second-order valence-corrected chi connectivity index (χ2v) is 12.9. The largest absolute Gasteiger partial charge is 0.495 e. The number of anilines is 1. The number of carbonyl (C=O) groups is 1. The number of pyridine rings is 1. The molecule has 0 radical (unpaired) electrons. The standard InChI is InChI=1S/C28H35N5O5S/c1-18(21-14-27(34)29-15-21)38-26-13-22(17-33-28(26)23(16-30-33)19-4-5-19)20-6-7-24(25(12-20)37-2)31-8-10-32(11-9-31)39(3,35)36/h6-7,12-13,16-19,21H,4-5,8-11,14-15H2,1-3H3,(H,29,34). The average molecular weight is 554 g/mol. The van der Waals surface area contributed by atoms with Gasteiger partial charge in [-0.1, -0.05) is 6.07 Å². The topological polar surface area (TPSA) is 105 Å². The minimum atomic E-state index is -3.19. The van der Waals surface area contributed by atoms with E-state index >= 15 is 0 Å². The first-order valence-electron chi connectivity index (χ1n) is 13.5. The number of amides is 1. The number of rotatable bonds is 8. The van der Waals surface area contributed by atoms with Gasteiger partial charge < -0.3 is 19.7 Å². The van der Waals surface area contributed by atoms with Gasteiger partial charge in [-0.3, -0.25) is 4.79 Å². The van der Waals surface area contributed by atoms with Gasteiger partial charge >= 0.3 is 0 Å². The molecule has 3 fully saturated rings. The van der Waals surface area contributed by atoms with Crippen molar-refractivity contribution in [1.82, 2.24) is 19.2 Å². The van der Waals surface area contributed by atoms with E-state index in [0.717, 1.165) is 46.7 Å². The normalized spacial score (nSPS) is 21.3. The summed E-state index contributed by atoms with van der Waals surface area (Å²) in [5.41, 5.74) is 5.06. The van der Waals surface area contributed by atoms with E-state index in [9.17, 15) is 13.2 Å². The van der Waals surface area contributed by atoms with Crippen LogP contribution in [0.25, 0.3) is 16.6 Å². The molecule has 10 nitrogen and oxygen atoms in total. The second-order valence-electron chi connectivity index (χ2n) is 10.9. The highest BCUT2D eigenvalue weighted by molar-refractivity contribution is 7.88. The molecule has 2 saturated heterocycles. The van der Waals surface area contributed by atoms with Gasteiger partial charge in [-0.15, -0.1) is 0 Å². The van der Waals surface area contributed by atoms with Crippen LogP contribution in [0.1, 0.15) is 37.7 Å². The van der Waals surface area contributed by atoms with Crippen molar-refractivity contribution in [3.05, 3.63) is 42.2 Å². The summed E-state index contributed by atoms with van der Waals surface area (Å²) in [6, 6.07) is 8.17. The molecule has 2 atom stereocenters. The van der Waals surface area contributed by atoms with Crippen LogP contribution in [0.4, 0.5) is 5.69 Å². The maximum absolute atomic E-state index is 11.9. The molecule has 1 aliphatic carbocycles. The van der Waals surface area contributed by atoms with Crippen LogP contribution in [0.5, 0.6) is 11.5 Å². The predicted octanol–water partition coefficient (Wildman–Crippen LogP) is 2.87. The first-order chi connectivity index (χ1) is 18.7. The summed E-state index contributed by atoms with van der Waals surface area (Å²) in [5, 5.41) is 7.59. The SMILES string of the molecule is COc1cc(-c2cc(OC(C)C3CNC(=O)C3)c3c(C4CC4)cnn3c2)ccc1N1CCN(S(C)(=O)=O)CC1. The Kier molecular flexibility index (Phi) is 6.66. The van der Waals surface area contributed by atoms with Crippen molar-refractivity contribution in [3.8, 4) is 22.6 Å². The van der Waals surface area contributed by atoms with E-state index in [4.69, 9.17) is 9.47 Å². The van der Waals surface area contributed by atoms with E-state index in [2.05, 4.69) is 27.4 Å². The van der Waals surface area contributed by atoms with Gasteiger partial charge in [0.25, 0.3) is 0 Å². The number of nitrogens with one attached hydrogen (secondary N) is 1. The van der Waals surface area contributed by atoms with E-state index in [1.54, 1.807) is 7.11 Å². The minimum Gasteiger partial charge on any atom is -0.495 e. The molecule has 1 N–H and O–H groups in total. The summed E-state index contributed by atoms with van der Waals surface area (Å²) in [5.74, 6) is 2.21. The Morgan fingerprint density at radius 1 is 1.08 bits per heavy atom. The average Bonchev–Trinajstić information content (AvgIpc) is 3.52. The molecule has 2 aromatic heterocycles. The number of nitrogens with zero attached hydrogens (tertiary/aromatic N) is 4. The summed E-state index contributed by atoms with van der Waals surface area (Å²) < 4.78 is 39.6. The van der Waals surface area contributed by atoms with E-state index in [1.807, 2.05) is 36.0 Å². The summed E-state index contributed by atoms with van der Waals surface area (Å²) in [7, 11) is -1.54. The summed E-state index contributed by atoms with van der Waals surface area (Å²) in [6.45, 7) is 4.75. The molecule has 2 unspecified atom stereocenters. The van der Waals surface area contributed by atoms with Crippen molar-refractivity contribution in [1.29, 1.82) is 0 Å². The Morgan fingerprint density at radius 2 is 1.82 bits per heavy atom. The van der Waals surface area contributed by atoms with E-state index in [1.165, 1.54) is 16.1 Å². The van der Waals surface area contributed by atoms with Crippen LogP contribution in [0.2, 0.25) is 0 Å². The van der Waals surface area contributed by atoms with E-state index in [0.29, 0.717) is 45.1 Å². The summed E-state index contributed by atoms with van der Waals surface area (Å²) in [4.78, 5) is 14.0. The van der Waals surface area contributed by atoms with Crippen molar-refractivity contribution >= 4 is 27.1 Å². The van der Waals surface area contributed by atoms with Gasteiger partial charge in [0.15, 0.2) is 0 Å². The third-order valence-corrected chi connectivity index (χ3v) is 9.47. The lowest BCUT2D eigenvalue weighted by Crippen LogP contribution is -2.48. The minimum absolute atomic E-state index is 0.0716. The van der Waals surface area contributed by atoms with Crippen LogP contribution in [-0.4, -0.2) is 80.4 Å². The smallest absolute Gasteiger partial charge is 0.220 e. The zero-order chi connectivity index (χ0) is 27.3. The van der Waals surface area contributed by atoms with Crippen molar-refractivity contribution < 1.29 is 22.7 Å². The molecule has 11 heteroatoms. The molecule has 0 spiro atoms. The molecule has 3 aromatic rings. The van der Waals surface area contributed by atoms with Gasteiger partial charge in [0.2, 0.25) is 15.9 Å². The fraction of sp³-hybridized carbons (Fsp3) is 0.500. The number of sulfonamides is 1. The molecule has 0 bridgehead atoms. The van der Waals surface area contributed by atoms with E-state index in [-0.39, 0.29) is 17.9 Å². The van der Waals surface area contributed by atoms with Crippen LogP contribution in [-0.2, 0) is 14.8 Å².